The SMILES string of the molecule is Cc1cc(C(F)F)nc2cc(F)ccc12. The van der Waals surface area contributed by atoms with E-state index in [2.05, 4.69) is 4.98 Å². The van der Waals surface area contributed by atoms with Gasteiger partial charge in [-0.25, -0.2) is 18.2 Å². The van der Waals surface area contributed by atoms with Gasteiger partial charge in [0.05, 0.1) is 5.52 Å². The summed E-state index contributed by atoms with van der Waals surface area (Å²) >= 11 is 0. The minimum Gasteiger partial charge on any atom is -0.247 e. The zero-order chi connectivity index (χ0) is 11.0. The molecule has 1 nitrogen and oxygen atoms in total. The van der Waals surface area contributed by atoms with Crippen LogP contribution in [0.25, 0.3) is 10.9 Å². The molecule has 0 saturated carbocycles. The fraction of sp³-hybridized carbons (Fsp3) is 0.182. The number of aromatic nitrogens is 1. The molecule has 0 fully saturated rings. The van der Waals surface area contributed by atoms with E-state index in [0.717, 1.165) is 6.07 Å². The van der Waals surface area contributed by atoms with Gasteiger partial charge >= 0.3 is 0 Å². The van der Waals surface area contributed by atoms with Gasteiger partial charge < -0.3 is 0 Å². The van der Waals surface area contributed by atoms with Crippen LogP contribution in [0.2, 0.25) is 0 Å². The maximum Gasteiger partial charge on any atom is 0.280 e. The second kappa shape index (κ2) is 3.53. The summed E-state index contributed by atoms with van der Waals surface area (Å²) in [5, 5.41) is 0.695. The van der Waals surface area contributed by atoms with Gasteiger partial charge in [0.1, 0.15) is 11.5 Å². The first-order chi connectivity index (χ1) is 7.08. The summed E-state index contributed by atoms with van der Waals surface area (Å²) in [6.45, 7) is 1.70. The lowest BCUT2D eigenvalue weighted by molar-refractivity contribution is 0.146. The van der Waals surface area contributed by atoms with Crippen molar-refractivity contribution in [2.75, 3.05) is 0 Å². The second-order valence-electron chi connectivity index (χ2n) is 3.33. The van der Waals surface area contributed by atoms with Crippen molar-refractivity contribution in [2.45, 2.75) is 13.3 Å². The first-order valence-corrected chi connectivity index (χ1v) is 4.43. The zero-order valence-corrected chi connectivity index (χ0v) is 7.97. The molecule has 4 heteroatoms. The summed E-state index contributed by atoms with van der Waals surface area (Å²) in [7, 11) is 0. The van der Waals surface area contributed by atoms with Crippen LogP contribution in [0.1, 0.15) is 17.7 Å². The topological polar surface area (TPSA) is 12.9 Å². The Morgan fingerprint density at radius 3 is 2.60 bits per heavy atom. The normalized spacial score (nSPS) is 11.3. The fourth-order valence-electron chi connectivity index (χ4n) is 1.51. The van der Waals surface area contributed by atoms with Crippen LogP contribution in [0.5, 0.6) is 0 Å². The van der Waals surface area contributed by atoms with Gasteiger partial charge in [-0.3, -0.25) is 0 Å². The third-order valence-electron chi connectivity index (χ3n) is 2.22. The highest BCUT2D eigenvalue weighted by Gasteiger charge is 2.11. The van der Waals surface area contributed by atoms with Crippen molar-refractivity contribution in [3.8, 4) is 0 Å². The van der Waals surface area contributed by atoms with E-state index in [0.29, 0.717) is 10.9 Å². The second-order valence-corrected chi connectivity index (χ2v) is 3.33. The van der Waals surface area contributed by atoms with Crippen molar-refractivity contribution in [1.82, 2.24) is 4.98 Å². The van der Waals surface area contributed by atoms with E-state index in [1.54, 1.807) is 13.0 Å². The third kappa shape index (κ3) is 1.79. The number of benzene rings is 1. The van der Waals surface area contributed by atoms with Crippen LogP contribution in [-0.2, 0) is 0 Å². The highest BCUT2D eigenvalue weighted by molar-refractivity contribution is 5.82. The van der Waals surface area contributed by atoms with E-state index in [9.17, 15) is 13.2 Å². The third-order valence-corrected chi connectivity index (χ3v) is 2.22. The molecule has 78 valence electrons. The van der Waals surface area contributed by atoms with Crippen molar-refractivity contribution in [3.05, 3.63) is 41.3 Å². The molecule has 0 N–H and O–H groups in total. The number of rotatable bonds is 1. The summed E-state index contributed by atoms with van der Waals surface area (Å²) in [5.41, 5.74) is 0.631. The zero-order valence-electron chi connectivity index (χ0n) is 7.97. The van der Waals surface area contributed by atoms with Crippen molar-refractivity contribution >= 4 is 10.9 Å². The highest BCUT2D eigenvalue weighted by Crippen LogP contribution is 2.24. The van der Waals surface area contributed by atoms with Crippen molar-refractivity contribution < 1.29 is 13.2 Å². The molecule has 0 saturated heterocycles. The first kappa shape index (κ1) is 9.96. The lowest BCUT2D eigenvalue weighted by atomic mass is 10.1. The van der Waals surface area contributed by atoms with Gasteiger partial charge in [0.25, 0.3) is 6.43 Å². The van der Waals surface area contributed by atoms with E-state index in [1.165, 1.54) is 12.1 Å². The van der Waals surface area contributed by atoms with E-state index in [1.807, 2.05) is 0 Å². The molecule has 1 aromatic carbocycles. The fourth-order valence-corrected chi connectivity index (χ4v) is 1.51. The number of aryl methyl sites for hydroxylation is 1. The molecule has 0 unspecified atom stereocenters. The standard InChI is InChI=1S/C11H8F3N/c1-6-4-10(11(13)14)15-9-5-7(12)2-3-8(6)9/h2-5,11H,1H3. The number of alkyl halides is 2. The number of halogens is 3. The van der Waals surface area contributed by atoms with Crippen LogP contribution in [0.3, 0.4) is 0 Å². The Morgan fingerprint density at radius 2 is 1.93 bits per heavy atom. The average molecular weight is 211 g/mol. The monoisotopic (exact) mass is 211 g/mol. The summed E-state index contributed by atoms with van der Waals surface area (Å²) < 4.78 is 37.7. The molecular formula is C11H8F3N. The molecule has 0 bridgehead atoms. The summed E-state index contributed by atoms with van der Waals surface area (Å²) in [6, 6.07) is 5.32. The lowest BCUT2D eigenvalue weighted by Gasteiger charge is -2.05. The van der Waals surface area contributed by atoms with Crippen molar-refractivity contribution in [2.24, 2.45) is 0 Å². The Bertz CT molecular complexity index is 508. The molecule has 1 heterocycles. The van der Waals surface area contributed by atoms with Gasteiger partial charge in [0.15, 0.2) is 0 Å². The van der Waals surface area contributed by atoms with Crippen LogP contribution in [0, 0.1) is 12.7 Å². The van der Waals surface area contributed by atoms with Gasteiger partial charge in [0.2, 0.25) is 0 Å². The molecule has 2 rings (SSSR count). The molecule has 0 radical (unpaired) electrons. The Hall–Kier alpha value is -1.58. The Balaban J connectivity index is 2.74. The van der Waals surface area contributed by atoms with Crippen LogP contribution in [-0.4, -0.2) is 4.98 Å². The van der Waals surface area contributed by atoms with Crippen LogP contribution < -0.4 is 0 Å². The first-order valence-electron chi connectivity index (χ1n) is 4.43. The largest absolute Gasteiger partial charge is 0.280 e. The maximum atomic E-state index is 12.9. The molecule has 0 aliphatic heterocycles. The summed E-state index contributed by atoms with van der Waals surface area (Å²) in [4.78, 5) is 3.71. The number of fused-ring (bicyclic) bond motifs is 1. The van der Waals surface area contributed by atoms with Crippen LogP contribution >= 0.6 is 0 Å². The summed E-state index contributed by atoms with van der Waals surface area (Å²) in [5.74, 6) is -0.471. The Labute approximate surface area is 84.6 Å². The van der Waals surface area contributed by atoms with Gasteiger partial charge in [-0.05, 0) is 30.7 Å². The number of hydrogen-bond acceptors (Lipinski definition) is 1. The number of nitrogens with zero attached hydrogens (tertiary/aromatic N) is 1. The Kier molecular flexibility index (Phi) is 2.34. The molecule has 0 aliphatic rings. The van der Waals surface area contributed by atoms with Gasteiger partial charge in [0, 0.05) is 11.5 Å². The maximum absolute atomic E-state index is 12.9. The molecule has 0 spiro atoms. The van der Waals surface area contributed by atoms with E-state index in [4.69, 9.17) is 0 Å². The van der Waals surface area contributed by atoms with Gasteiger partial charge in [-0.1, -0.05) is 0 Å². The quantitative estimate of drug-likeness (QED) is 0.702. The molecule has 0 aliphatic carbocycles. The average Bonchev–Trinajstić information content (AvgIpc) is 2.16. The molecule has 2 aromatic rings. The number of pyridine rings is 1. The van der Waals surface area contributed by atoms with Crippen LogP contribution in [0.4, 0.5) is 13.2 Å². The molecule has 0 amide bonds. The van der Waals surface area contributed by atoms with Crippen molar-refractivity contribution in [1.29, 1.82) is 0 Å². The minimum atomic E-state index is -2.63. The van der Waals surface area contributed by atoms with E-state index >= 15 is 0 Å². The molecule has 0 atom stereocenters. The number of hydrogen-bond donors (Lipinski definition) is 0. The highest BCUT2D eigenvalue weighted by atomic mass is 19.3. The molecule has 15 heavy (non-hydrogen) atoms. The van der Waals surface area contributed by atoms with Crippen LogP contribution in [0.15, 0.2) is 24.3 Å². The smallest absolute Gasteiger partial charge is 0.247 e. The predicted molar refractivity (Wildman–Crippen MR) is 51.4 cm³/mol. The Morgan fingerprint density at radius 1 is 1.20 bits per heavy atom. The van der Waals surface area contributed by atoms with Gasteiger partial charge in [-0.15, -0.1) is 0 Å². The van der Waals surface area contributed by atoms with Crippen molar-refractivity contribution in [3.63, 3.8) is 0 Å². The molecular weight excluding hydrogens is 203 g/mol. The van der Waals surface area contributed by atoms with Gasteiger partial charge in [-0.2, -0.15) is 0 Å². The summed E-state index contributed by atoms with van der Waals surface area (Å²) in [6.07, 6.45) is -2.63. The predicted octanol–water partition coefficient (Wildman–Crippen LogP) is 3.62. The van der Waals surface area contributed by atoms with E-state index < -0.39 is 12.2 Å². The van der Waals surface area contributed by atoms with E-state index in [-0.39, 0.29) is 11.2 Å². The minimum absolute atomic E-state index is 0.269. The molecule has 1 aromatic heterocycles. The lowest BCUT2D eigenvalue weighted by Crippen LogP contribution is -1.93.